The molecule has 1 aliphatic carbocycles. The largest absolute Gasteiger partial charge is 0.484 e. The molecule has 8 heteroatoms. The fourth-order valence-corrected chi connectivity index (χ4v) is 3.39. The molecule has 1 heterocycles. The molecule has 1 fully saturated rings. The topological polar surface area (TPSA) is 71.8 Å². The third-order valence-corrected chi connectivity index (χ3v) is 5.77. The van der Waals surface area contributed by atoms with Crippen LogP contribution in [0, 0.1) is 0 Å². The quantitative estimate of drug-likeness (QED) is 0.470. The van der Waals surface area contributed by atoms with Crippen LogP contribution in [0.5, 0.6) is 5.75 Å². The summed E-state index contributed by atoms with van der Waals surface area (Å²) < 4.78 is 11.0. The normalized spacial score (nSPS) is 12.9. The van der Waals surface area contributed by atoms with Crippen LogP contribution in [0.3, 0.4) is 0 Å². The van der Waals surface area contributed by atoms with Crippen molar-refractivity contribution in [1.29, 1.82) is 0 Å². The number of benzene rings is 2. The number of amides is 2. The van der Waals surface area contributed by atoms with E-state index < -0.39 is 0 Å². The van der Waals surface area contributed by atoms with Crippen molar-refractivity contribution in [3.05, 3.63) is 87.8 Å². The van der Waals surface area contributed by atoms with E-state index in [1.807, 2.05) is 18.2 Å². The number of nitrogens with one attached hydrogen (secondary N) is 1. The third-order valence-electron chi connectivity index (χ3n) is 5.04. The first-order valence-electron chi connectivity index (χ1n) is 10.3. The average Bonchev–Trinajstić information content (AvgIpc) is 3.45. The molecule has 0 aliphatic heterocycles. The van der Waals surface area contributed by atoms with Gasteiger partial charge in [0, 0.05) is 24.2 Å². The second-order valence-electron chi connectivity index (χ2n) is 7.64. The number of rotatable bonds is 9. The molecular formula is C24H22Cl2N2O4. The molecule has 2 amide bonds. The minimum absolute atomic E-state index is 0.0717. The zero-order valence-corrected chi connectivity index (χ0v) is 18.7. The molecule has 0 saturated heterocycles. The maximum atomic E-state index is 12.9. The lowest BCUT2D eigenvalue weighted by atomic mass is 10.1. The second-order valence-corrected chi connectivity index (χ2v) is 8.45. The van der Waals surface area contributed by atoms with Gasteiger partial charge in [0.25, 0.3) is 11.8 Å². The molecule has 2 aromatic carbocycles. The Balaban J connectivity index is 1.41. The standard InChI is InChI=1S/C24H22Cl2N2O4/c25-21-10-9-19(12-22(21)26)32-15-23(29)28(14-20-2-1-11-31-20)13-16-3-5-17(6-4-16)24(30)27-18-7-8-18/h1-6,9-12,18H,7-8,13-15H2,(H,27,30). The monoisotopic (exact) mass is 472 g/mol. The van der Waals surface area contributed by atoms with Gasteiger partial charge in [-0.1, -0.05) is 35.3 Å². The summed E-state index contributed by atoms with van der Waals surface area (Å²) in [5.74, 6) is 0.825. The number of nitrogens with zero attached hydrogens (tertiary/aromatic N) is 1. The first-order chi connectivity index (χ1) is 15.5. The van der Waals surface area contributed by atoms with Gasteiger partial charge in [-0.3, -0.25) is 9.59 Å². The molecular weight excluding hydrogens is 451 g/mol. The van der Waals surface area contributed by atoms with Crippen LogP contribution >= 0.6 is 23.2 Å². The third kappa shape index (κ3) is 6.05. The number of ether oxygens (including phenoxy) is 1. The lowest BCUT2D eigenvalue weighted by Gasteiger charge is -2.22. The summed E-state index contributed by atoms with van der Waals surface area (Å²) in [4.78, 5) is 26.8. The lowest BCUT2D eigenvalue weighted by Crippen LogP contribution is -2.34. The van der Waals surface area contributed by atoms with Gasteiger partial charge < -0.3 is 19.4 Å². The maximum absolute atomic E-state index is 12.9. The fraction of sp³-hybridized carbons (Fsp3) is 0.250. The van der Waals surface area contributed by atoms with Gasteiger partial charge in [-0.15, -0.1) is 0 Å². The van der Waals surface area contributed by atoms with Gasteiger partial charge in [-0.2, -0.15) is 0 Å². The highest BCUT2D eigenvalue weighted by molar-refractivity contribution is 6.42. The van der Waals surface area contributed by atoms with Crippen LogP contribution in [-0.2, 0) is 17.9 Å². The maximum Gasteiger partial charge on any atom is 0.261 e. The molecule has 1 aromatic heterocycles. The first-order valence-corrected chi connectivity index (χ1v) is 11.0. The number of hydrogen-bond donors (Lipinski definition) is 1. The van der Waals surface area contributed by atoms with Gasteiger partial charge in [0.15, 0.2) is 6.61 Å². The molecule has 1 N–H and O–H groups in total. The molecule has 0 atom stereocenters. The van der Waals surface area contributed by atoms with Gasteiger partial charge in [0.1, 0.15) is 11.5 Å². The second kappa shape index (κ2) is 10.1. The lowest BCUT2D eigenvalue weighted by molar-refractivity contribution is -0.134. The Morgan fingerprint density at radius 3 is 2.47 bits per heavy atom. The number of halogens is 2. The molecule has 0 unspecified atom stereocenters. The van der Waals surface area contributed by atoms with Crippen LogP contribution in [0.15, 0.2) is 65.3 Å². The van der Waals surface area contributed by atoms with E-state index in [0.29, 0.717) is 46.2 Å². The van der Waals surface area contributed by atoms with Crippen LogP contribution in [0.2, 0.25) is 10.0 Å². The highest BCUT2D eigenvalue weighted by Crippen LogP contribution is 2.26. The average molecular weight is 473 g/mol. The van der Waals surface area contributed by atoms with Gasteiger partial charge >= 0.3 is 0 Å². The first kappa shape index (κ1) is 22.2. The van der Waals surface area contributed by atoms with Crippen LogP contribution in [-0.4, -0.2) is 29.4 Å². The Morgan fingerprint density at radius 1 is 1.03 bits per heavy atom. The smallest absolute Gasteiger partial charge is 0.261 e. The van der Waals surface area contributed by atoms with Crippen LogP contribution in [0.1, 0.15) is 34.5 Å². The van der Waals surface area contributed by atoms with Crippen molar-refractivity contribution in [2.24, 2.45) is 0 Å². The summed E-state index contributed by atoms with van der Waals surface area (Å²) in [5.41, 5.74) is 1.50. The predicted molar refractivity (Wildman–Crippen MR) is 122 cm³/mol. The van der Waals surface area contributed by atoms with Crippen LogP contribution in [0.25, 0.3) is 0 Å². The van der Waals surface area contributed by atoms with Crippen molar-refractivity contribution in [1.82, 2.24) is 10.2 Å². The Labute approximate surface area is 196 Å². The molecule has 3 aromatic rings. The zero-order valence-electron chi connectivity index (χ0n) is 17.2. The summed E-state index contributed by atoms with van der Waals surface area (Å²) in [5, 5.41) is 3.74. The van der Waals surface area contributed by atoms with Crippen LogP contribution in [0.4, 0.5) is 0 Å². The highest BCUT2D eigenvalue weighted by Gasteiger charge is 2.24. The Bertz CT molecular complexity index is 1080. The van der Waals surface area contributed by atoms with E-state index in [2.05, 4.69) is 5.32 Å². The minimum atomic E-state index is -0.219. The number of furan rings is 1. The summed E-state index contributed by atoms with van der Waals surface area (Å²) in [7, 11) is 0. The SMILES string of the molecule is O=C(NC1CC1)c1ccc(CN(Cc2ccco2)C(=O)COc2ccc(Cl)c(Cl)c2)cc1. The van der Waals surface area contributed by atoms with E-state index >= 15 is 0 Å². The minimum Gasteiger partial charge on any atom is -0.484 e. The van der Waals surface area contributed by atoms with E-state index in [0.717, 1.165) is 18.4 Å². The molecule has 1 aliphatic rings. The van der Waals surface area contributed by atoms with Gasteiger partial charge in [-0.05, 0) is 54.8 Å². The van der Waals surface area contributed by atoms with Gasteiger partial charge in [0.05, 0.1) is 22.9 Å². The highest BCUT2D eigenvalue weighted by atomic mass is 35.5. The summed E-state index contributed by atoms with van der Waals surface area (Å²) in [6.45, 7) is 0.468. The van der Waals surface area contributed by atoms with Crippen molar-refractivity contribution in [3.63, 3.8) is 0 Å². The van der Waals surface area contributed by atoms with Gasteiger partial charge in [0.2, 0.25) is 0 Å². The molecule has 4 rings (SSSR count). The molecule has 32 heavy (non-hydrogen) atoms. The predicted octanol–water partition coefficient (Wildman–Crippen LogP) is 5.09. The summed E-state index contributed by atoms with van der Waals surface area (Å²) in [6.07, 6.45) is 3.65. The zero-order chi connectivity index (χ0) is 22.5. The fourth-order valence-electron chi connectivity index (χ4n) is 3.10. The van der Waals surface area contributed by atoms with E-state index in [4.69, 9.17) is 32.4 Å². The van der Waals surface area contributed by atoms with Crippen molar-refractivity contribution >= 4 is 35.0 Å². The van der Waals surface area contributed by atoms with Crippen molar-refractivity contribution in [2.75, 3.05) is 6.61 Å². The van der Waals surface area contributed by atoms with E-state index in [1.54, 1.807) is 47.6 Å². The van der Waals surface area contributed by atoms with Crippen molar-refractivity contribution in [2.45, 2.75) is 32.0 Å². The molecule has 1 saturated carbocycles. The van der Waals surface area contributed by atoms with Crippen molar-refractivity contribution in [3.8, 4) is 5.75 Å². The van der Waals surface area contributed by atoms with Gasteiger partial charge in [-0.25, -0.2) is 0 Å². The van der Waals surface area contributed by atoms with E-state index in [9.17, 15) is 9.59 Å². The van der Waals surface area contributed by atoms with Crippen LogP contribution < -0.4 is 10.1 Å². The number of carbonyl (C=O) groups excluding carboxylic acids is 2. The molecule has 0 spiro atoms. The van der Waals surface area contributed by atoms with E-state index in [-0.39, 0.29) is 18.4 Å². The number of carbonyl (C=O) groups is 2. The van der Waals surface area contributed by atoms with E-state index in [1.165, 1.54) is 0 Å². The Morgan fingerprint density at radius 2 is 1.81 bits per heavy atom. The summed E-state index contributed by atoms with van der Waals surface area (Å²) >= 11 is 11.9. The number of hydrogen-bond acceptors (Lipinski definition) is 4. The molecule has 0 bridgehead atoms. The summed E-state index contributed by atoms with van der Waals surface area (Å²) in [6, 6.07) is 16.0. The molecule has 6 nitrogen and oxygen atoms in total. The Kier molecular flexibility index (Phi) is 7.02. The molecule has 0 radical (unpaired) electrons. The molecule has 166 valence electrons. The Hall–Kier alpha value is -2.96. The van der Waals surface area contributed by atoms with Crippen molar-refractivity contribution < 1.29 is 18.7 Å².